The molecule has 0 N–H and O–H groups in total. The van der Waals surface area contributed by atoms with Crippen molar-refractivity contribution in [2.75, 3.05) is 6.61 Å². The van der Waals surface area contributed by atoms with E-state index in [2.05, 4.69) is 0 Å². The standard InChI is InChI=1S/C20H20O3/c21-19(15-9-3-1-4-10-15)18(17-13-7-8-14-23-17)20(22)16-11-5-2-6-12-16/h1-6,9-12,17-18H,7-8,13-14H2. The van der Waals surface area contributed by atoms with Crippen molar-refractivity contribution in [3.05, 3.63) is 71.8 Å². The third kappa shape index (κ3) is 3.57. The lowest BCUT2D eigenvalue weighted by molar-refractivity contribution is -0.0103. The van der Waals surface area contributed by atoms with Gasteiger partial charge in [-0.1, -0.05) is 60.7 Å². The smallest absolute Gasteiger partial charge is 0.176 e. The Labute approximate surface area is 136 Å². The first-order chi connectivity index (χ1) is 11.3. The molecule has 1 saturated heterocycles. The molecule has 1 atom stereocenters. The molecule has 1 unspecified atom stereocenters. The normalized spacial score (nSPS) is 17.9. The molecule has 2 aromatic carbocycles. The second-order valence-corrected chi connectivity index (χ2v) is 5.84. The summed E-state index contributed by atoms with van der Waals surface area (Å²) in [6, 6.07) is 18.0. The predicted octanol–water partition coefficient (Wildman–Crippen LogP) is 3.94. The Hall–Kier alpha value is -2.26. The molecular formula is C20H20O3. The van der Waals surface area contributed by atoms with Gasteiger partial charge >= 0.3 is 0 Å². The summed E-state index contributed by atoms with van der Waals surface area (Å²) in [5, 5.41) is 0. The first kappa shape index (κ1) is 15.6. The number of carbonyl (C=O) groups excluding carboxylic acids is 2. The van der Waals surface area contributed by atoms with Crippen LogP contribution in [-0.2, 0) is 4.74 Å². The van der Waals surface area contributed by atoms with Gasteiger partial charge in [-0.2, -0.15) is 0 Å². The van der Waals surface area contributed by atoms with E-state index >= 15 is 0 Å². The molecule has 1 heterocycles. The van der Waals surface area contributed by atoms with Gasteiger partial charge in [-0.3, -0.25) is 9.59 Å². The molecule has 0 spiro atoms. The quantitative estimate of drug-likeness (QED) is 0.621. The van der Waals surface area contributed by atoms with E-state index in [4.69, 9.17) is 4.74 Å². The lowest BCUT2D eigenvalue weighted by Crippen LogP contribution is -2.39. The maximum atomic E-state index is 13.0. The van der Waals surface area contributed by atoms with Crippen molar-refractivity contribution in [2.24, 2.45) is 5.92 Å². The third-order valence-electron chi connectivity index (χ3n) is 4.27. The number of Topliss-reactive ketones (excluding diaryl/α,β-unsaturated/α-hetero) is 2. The SMILES string of the molecule is O=C(c1ccccc1)C(C(=O)c1ccccc1)C1CCCCO1. The van der Waals surface area contributed by atoms with Gasteiger partial charge in [0, 0.05) is 17.7 Å². The summed E-state index contributed by atoms with van der Waals surface area (Å²) in [6.45, 7) is 0.616. The number of ketones is 2. The van der Waals surface area contributed by atoms with Gasteiger partial charge < -0.3 is 4.74 Å². The second-order valence-electron chi connectivity index (χ2n) is 5.84. The zero-order valence-corrected chi connectivity index (χ0v) is 13.0. The maximum Gasteiger partial charge on any atom is 0.176 e. The Balaban J connectivity index is 1.93. The number of carbonyl (C=O) groups is 2. The van der Waals surface area contributed by atoms with Crippen LogP contribution in [-0.4, -0.2) is 24.3 Å². The lowest BCUT2D eigenvalue weighted by Gasteiger charge is -2.29. The molecule has 3 heteroatoms. The first-order valence-electron chi connectivity index (χ1n) is 8.07. The molecule has 0 aromatic heterocycles. The van der Waals surface area contributed by atoms with Crippen LogP contribution in [0.4, 0.5) is 0 Å². The monoisotopic (exact) mass is 308 g/mol. The Morgan fingerprint density at radius 2 is 1.35 bits per heavy atom. The molecule has 23 heavy (non-hydrogen) atoms. The molecular weight excluding hydrogens is 288 g/mol. The highest BCUT2D eigenvalue weighted by Crippen LogP contribution is 2.26. The van der Waals surface area contributed by atoms with E-state index in [1.54, 1.807) is 24.3 Å². The van der Waals surface area contributed by atoms with E-state index < -0.39 is 5.92 Å². The molecule has 0 radical (unpaired) electrons. The van der Waals surface area contributed by atoms with Crippen LogP contribution in [0.1, 0.15) is 40.0 Å². The fourth-order valence-electron chi connectivity index (χ4n) is 3.05. The summed E-state index contributed by atoms with van der Waals surface area (Å²) in [4.78, 5) is 25.9. The third-order valence-corrected chi connectivity index (χ3v) is 4.27. The Kier molecular flexibility index (Phi) is 4.99. The van der Waals surface area contributed by atoms with Gasteiger partial charge in [0.05, 0.1) is 6.10 Å². The van der Waals surface area contributed by atoms with Gasteiger partial charge in [-0.15, -0.1) is 0 Å². The van der Waals surface area contributed by atoms with Crippen molar-refractivity contribution < 1.29 is 14.3 Å². The Morgan fingerprint density at radius 3 is 1.78 bits per heavy atom. The lowest BCUT2D eigenvalue weighted by atomic mass is 9.83. The van der Waals surface area contributed by atoms with E-state index in [9.17, 15) is 9.59 Å². The molecule has 1 aliphatic heterocycles. The van der Waals surface area contributed by atoms with Crippen molar-refractivity contribution in [3.63, 3.8) is 0 Å². The molecule has 1 fully saturated rings. The van der Waals surface area contributed by atoms with E-state index in [0.717, 1.165) is 19.3 Å². The van der Waals surface area contributed by atoms with E-state index in [-0.39, 0.29) is 17.7 Å². The number of hydrogen-bond donors (Lipinski definition) is 0. The fourth-order valence-corrected chi connectivity index (χ4v) is 3.05. The van der Waals surface area contributed by atoms with Crippen molar-refractivity contribution in [3.8, 4) is 0 Å². The summed E-state index contributed by atoms with van der Waals surface area (Å²) in [7, 11) is 0. The summed E-state index contributed by atoms with van der Waals surface area (Å²) in [6.07, 6.45) is 2.40. The van der Waals surface area contributed by atoms with Gasteiger partial charge in [0.1, 0.15) is 5.92 Å². The average molecular weight is 308 g/mol. The molecule has 3 rings (SSSR count). The van der Waals surface area contributed by atoms with E-state index in [1.807, 2.05) is 36.4 Å². The minimum absolute atomic E-state index is 0.147. The molecule has 1 aliphatic rings. The first-order valence-corrected chi connectivity index (χ1v) is 8.07. The topological polar surface area (TPSA) is 43.4 Å². The minimum Gasteiger partial charge on any atom is -0.377 e. The molecule has 0 saturated carbocycles. The minimum atomic E-state index is -0.764. The summed E-state index contributed by atoms with van der Waals surface area (Å²) >= 11 is 0. The maximum absolute atomic E-state index is 13.0. The second kappa shape index (κ2) is 7.34. The van der Waals surface area contributed by atoms with Crippen LogP contribution in [0.5, 0.6) is 0 Å². The van der Waals surface area contributed by atoms with Crippen LogP contribution in [0.2, 0.25) is 0 Å². The summed E-state index contributed by atoms with van der Waals surface area (Å²) in [5.41, 5.74) is 1.13. The van der Waals surface area contributed by atoms with Gasteiger partial charge in [0.15, 0.2) is 11.6 Å². The van der Waals surface area contributed by atoms with Crippen molar-refractivity contribution in [2.45, 2.75) is 25.4 Å². The summed E-state index contributed by atoms with van der Waals surface area (Å²) < 4.78 is 5.78. The Morgan fingerprint density at radius 1 is 0.826 bits per heavy atom. The highest BCUT2D eigenvalue weighted by molar-refractivity contribution is 6.16. The van der Waals surface area contributed by atoms with Crippen LogP contribution < -0.4 is 0 Å². The fraction of sp³-hybridized carbons (Fsp3) is 0.300. The van der Waals surface area contributed by atoms with E-state index in [0.29, 0.717) is 17.7 Å². The molecule has 0 bridgehead atoms. The van der Waals surface area contributed by atoms with Crippen LogP contribution >= 0.6 is 0 Å². The molecule has 0 amide bonds. The molecule has 118 valence electrons. The van der Waals surface area contributed by atoms with Crippen LogP contribution in [0, 0.1) is 5.92 Å². The largest absolute Gasteiger partial charge is 0.377 e. The number of rotatable bonds is 5. The molecule has 3 nitrogen and oxygen atoms in total. The predicted molar refractivity (Wildman–Crippen MR) is 88.6 cm³/mol. The van der Waals surface area contributed by atoms with Gasteiger partial charge in [0.25, 0.3) is 0 Å². The number of hydrogen-bond acceptors (Lipinski definition) is 3. The number of ether oxygens (including phenoxy) is 1. The van der Waals surface area contributed by atoms with Gasteiger partial charge in [-0.05, 0) is 19.3 Å². The van der Waals surface area contributed by atoms with Crippen molar-refractivity contribution in [1.29, 1.82) is 0 Å². The van der Waals surface area contributed by atoms with Crippen molar-refractivity contribution in [1.82, 2.24) is 0 Å². The zero-order valence-electron chi connectivity index (χ0n) is 13.0. The average Bonchev–Trinajstić information content (AvgIpc) is 2.64. The van der Waals surface area contributed by atoms with Crippen molar-refractivity contribution >= 4 is 11.6 Å². The highest BCUT2D eigenvalue weighted by atomic mass is 16.5. The zero-order chi connectivity index (χ0) is 16.1. The van der Waals surface area contributed by atoms with Gasteiger partial charge in [0.2, 0.25) is 0 Å². The van der Waals surface area contributed by atoms with E-state index in [1.165, 1.54) is 0 Å². The highest BCUT2D eigenvalue weighted by Gasteiger charge is 2.37. The van der Waals surface area contributed by atoms with Crippen LogP contribution in [0.25, 0.3) is 0 Å². The molecule has 0 aliphatic carbocycles. The summed E-state index contributed by atoms with van der Waals surface area (Å²) in [5.74, 6) is -1.06. The number of benzene rings is 2. The Bertz CT molecular complexity index is 606. The van der Waals surface area contributed by atoms with Crippen LogP contribution in [0.3, 0.4) is 0 Å². The van der Waals surface area contributed by atoms with Gasteiger partial charge in [-0.25, -0.2) is 0 Å². The van der Waals surface area contributed by atoms with Crippen LogP contribution in [0.15, 0.2) is 60.7 Å². The molecule has 2 aromatic rings.